The number of benzene rings is 1. The number of carbonyl (C=O) groups is 1. The molecule has 1 aliphatic rings. The van der Waals surface area contributed by atoms with E-state index in [-0.39, 0.29) is 5.78 Å². The summed E-state index contributed by atoms with van der Waals surface area (Å²) in [5.74, 6) is -0.212. The van der Waals surface area contributed by atoms with E-state index >= 15 is 0 Å². The number of fused-ring (bicyclic) bond motifs is 1. The minimum absolute atomic E-state index is 0.212. The molecule has 0 aliphatic heterocycles. The van der Waals surface area contributed by atoms with Gasteiger partial charge in [0.25, 0.3) is 0 Å². The zero-order chi connectivity index (χ0) is 9.42. The van der Waals surface area contributed by atoms with Gasteiger partial charge in [0.2, 0.25) is 0 Å². The van der Waals surface area contributed by atoms with Gasteiger partial charge in [-0.3, -0.25) is 4.79 Å². The Labute approximate surface area is 78.1 Å². The molecular formula is C9H8O3S. The molecule has 0 amide bonds. The highest BCUT2D eigenvalue weighted by Gasteiger charge is 2.33. The highest BCUT2D eigenvalue weighted by Crippen LogP contribution is 2.24. The molecule has 0 aromatic heterocycles. The van der Waals surface area contributed by atoms with Crippen LogP contribution in [0, 0.1) is 0 Å². The minimum Gasteiger partial charge on any atom is -0.306 e. The first-order valence-corrected chi connectivity index (χ1v) is 5.09. The zero-order valence-corrected chi connectivity index (χ0v) is 7.58. The Morgan fingerprint density at radius 2 is 2.08 bits per heavy atom. The molecule has 2 atom stereocenters. The van der Waals surface area contributed by atoms with Crippen LogP contribution in [0.1, 0.15) is 15.9 Å². The molecule has 0 radical (unpaired) electrons. The van der Waals surface area contributed by atoms with Crippen molar-refractivity contribution >= 4 is 16.9 Å². The Kier molecular flexibility index (Phi) is 2.01. The number of hydrogen-bond acceptors (Lipinski definition) is 2. The maximum atomic E-state index is 11.5. The highest BCUT2D eigenvalue weighted by atomic mass is 32.2. The molecule has 1 aliphatic carbocycles. The average molecular weight is 196 g/mol. The minimum atomic E-state index is -2.05. The van der Waals surface area contributed by atoms with Crippen molar-refractivity contribution < 1.29 is 13.6 Å². The van der Waals surface area contributed by atoms with Crippen LogP contribution < -0.4 is 0 Å². The molecule has 0 heterocycles. The second kappa shape index (κ2) is 3.05. The lowest BCUT2D eigenvalue weighted by Gasteiger charge is -1.98. The fraction of sp³-hybridized carbons (Fsp3) is 0.222. The van der Waals surface area contributed by atoms with Gasteiger partial charge in [0.1, 0.15) is 5.25 Å². The highest BCUT2D eigenvalue weighted by molar-refractivity contribution is 7.80. The normalized spacial score (nSPS) is 22.8. The van der Waals surface area contributed by atoms with E-state index in [2.05, 4.69) is 0 Å². The van der Waals surface area contributed by atoms with E-state index in [4.69, 9.17) is 4.55 Å². The van der Waals surface area contributed by atoms with E-state index in [9.17, 15) is 9.00 Å². The Bertz CT molecular complexity index is 386. The van der Waals surface area contributed by atoms with E-state index in [1.807, 2.05) is 12.1 Å². The summed E-state index contributed by atoms with van der Waals surface area (Å²) in [6, 6.07) is 7.11. The van der Waals surface area contributed by atoms with Crippen LogP contribution in [0.4, 0.5) is 0 Å². The van der Waals surface area contributed by atoms with E-state index in [0.717, 1.165) is 5.56 Å². The van der Waals surface area contributed by atoms with E-state index < -0.39 is 16.3 Å². The van der Waals surface area contributed by atoms with Crippen LogP contribution in [-0.2, 0) is 17.5 Å². The van der Waals surface area contributed by atoms with Gasteiger partial charge in [-0.1, -0.05) is 24.3 Å². The molecule has 4 heteroatoms. The van der Waals surface area contributed by atoms with Crippen molar-refractivity contribution in [3.05, 3.63) is 35.4 Å². The van der Waals surface area contributed by atoms with E-state index in [1.54, 1.807) is 12.1 Å². The first kappa shape index (κ1) is 8.59. The van der Waals surface area contributed by atoms with Crippen LogP contribution in [0.5, 0.6) is 0 Å². The predicted octanol–water partition coefficient (Wildman–Crippen LogP) is 1.02. The Hall–Kier alpha value is -1.00. The summed E-state index contributed by atoms with van der Waals surface area (Å²) in [6.45, 7) is 0. The molecule has 0 bridgehead atoms. The van der Waals surface area contributed by atoms with Gasteiger partial charge in [0.05, 0.1) is 0 Å². The van der Waals surface area contributed by atoms with Gasteiger partial charge in [0, 0.05) is 5.56 Å². The molecule has 0 spiro atoms. The van der Waals surface area contributed by atoms with Gasteiger partial charge in [-0.2, -0.15) is 0 Å². The third-order valence-corrected chi connectivity index (χ3v) is 3.09. The maximum Gasteiger partial charge on any atom is 0.181 e. The molecule has 1 N–H and O–H groups in total. The summed E-state index contributed by atoms with van der Waals surface area (Å²) in [6.07, 6.45) is 0.387. The van der Waals surface area contributed by atoms with Crippen molar-refractivity contribution in [3.63, 3.8) is 0 Å². The number of hydrogen-bond donors (Lipinski definition) is 1. The fourth-order valence-corrected chi connectivity index (χ4v) is 2.20. The number of Topliss-reactive ketones (excluding diaryl/α,β-unsaturated/α-hetero) is 1. The predicted molar refractivity (Wildman–Crippen MR) is 49.0 cm³/mol. The zero-order valence-electron chi connectivity index (χ0n) is 6.77. The van der Waals surface area contributed by atoms with Crippen molar-refractivity contribution in [3.8, 4) is 0 Å². The Morgan fingerprint density at radius 3 is 2.69 bits per heavy atom. The molecule has 13 heavy (non-hydrogen) atoms. The second-order valence-corrected chi connectivity index (χ2v) is 4.11. The van der Waals surface area contributed by atoms with Gasteiger partial charge in [-0.25, -0.2) is 4.21 Å². The average Bonchev–Trinajstić information content (AvgIpc) is 2.45. The van der Waals surface area contributed by atoms with Crippen LogP contribution in [0.3, 0.4) is 0 Å². The van der Waals surface area contributed by atoms with Crippen LogP contribution >= 0.6 is 0 Å². The molecular weight excluding hydrogens is 188 g/mol. The Morgan fingerprint density at radius 1 is 1.38 bits per heavy atom. The summed E-state index contributed by atoms with van der Waals surface area (Å²) in [4.78, 5) is 11.5. The third-order valence-electron chi connectivity index (χ3n) is 2.22. The summed E-state index contributed by atoms with van der Waals surface area (Å²) in [7, 11) is 0. The fourth-order valence-electron chi connectivity index (χ4n) is 1.57. The van der Waals surface area contributed by atoms with Crippen LogP contribution in [0.15, 0.2) is 24.3 Å². The quantitative estimate of drug-likeness (QED) is 0.682. The molecule has 1 aromatic carbocycles. The monoisotopic (exact) mass is 196 g/mol. The van der Waals surface area contributed by atoms with E-state index in [1.165, 1.54) is 0 Å². The van der Waals surface area contributed by atoms with Gasteiger partial charge in [-0.15, -0.1) is 0 Å². The molecule has 68 valence electrons. The standard InChI is InChI=1S/C9H8O3S/c10-9-7-4-2-1-3-6(7)5-8(9)13(11)12/h1-4,8H,5H2,(H,11,12). The SMILES string of the molecule is O=C1c2ccccc2CC1S(=O)O. The first-order valence-electron chi connectivity index (χ1n) is 3.92. The number of rotatable bonds is 1. The largest absolute Gasteiger partial charge is 0.306 e. The number of carbonyl (C=O) groups excluding carboxylic acids is 1. The summed E-state index contributed by atoms with van der Waals surface area (Å²) in [5.41, 5.74) is 1.47. The van der Waals surface area contributed by atoms with Crippen molar-refractivity contribution in [2.75, 3.05) is 0 Å². The van der Waals surface area contributed by atoms with E-state index in [0.29, 0.717) is 12.0 Å². The second-order valence-electron chi connectivity index (χ2n) is 2.99. The van der Waals surface area contributed by atoms with Crippen LogP contribution in [0.25, 0.3) is 0 Å². The van der Waals surface area contributed by atoms with Gasteiger partial charge in [-0.05, 0) is 12.0 Å². The topological polar surface area (TPSA) is 54.4 Å². The van der Waals surface area contributed by atoms with Gasteiger partial charge >= 0.3 is 0 Å². The lowest BCUT2D eigenvalue weighted by Crippen LogP contribution is -2.21. The third kappa shape index (κ3) is 1.32. The first-order chi connectivity index (χ1) is 6.20. The lowest BCUT2D eigenvalue weighted by atomic mass is 10.1. The number of ketones is 1. The summed E-state index contributed by atoms with van der Waals surface area (Å²) >= 11 is -2.05. The smallest absolute Gasteiger partial charge is 0.181 e. The lowest BCUT2D eigenvalue weighted by molar-refractivity contribution is 0.0997. The summed E-state index contributed by atoms with van der Waals surface area (Å²) in [5, 5.41) is -0.752. The maximum absolute atomic E-state index is 11.5. The molecule has 2 unspecified atom stereocenters. The van der Waals surface area contributed by atoms with Gasteiger partial charge < -0.3 is 4.55 Å². The van der Waals surface area contributed by atoms with Gasteiger partial charge in [0.15, 0.2) is 16.9 Å². The summed E-state index contributed by atoms with van der Waals surface area (Å²) < 4.78 is 19.6. The van der Waals surface area contributed by atoms with Crippen molar-refractivity contribution in [2.45, 2.75) is 11.7 Å². The molecule has 3 nitrogen and oxygen atoms in total. The van der Waals surface area contributed by atoms with Crippen molar-refractivity contribution in [1.29, 1.82) is 0 Å². The molecule has 0 saturated carbocycles. The van der Waals surface area contributed by atoms with Crippen LogP contribution in [0.2, 0.25) is 0 Å². The van der Waals surface area contributed by atoms with Crippen molar-refractivity contribution in [1.82, 2.24) is 0 Å². The molecule has 0 saturated heterocycles. The van der Waals surface area contributed by atoms with Crippen molar-refractivity contribution in [2.24, 2.45) is 0 Å². The molecule has 0 fully saturated rings. The molecule has 2 rings (SSSR count). The molecule has 1 aromatic rings. The Balaban J connectivity index is 2.44. The van der Waals surface area contributed by atoms with Crippen LogP contribution in [-0.4, -0.2) is 19.8 Å².